The number of aromatic nitrogens is 2. The Morgan fingerprint density at radius 1 is 1.15 bits per heavy atom. The second kappa shape index (κ2) is 7.52. The number of imidazole rings is 1. The monoisotopic (exact) mass is 350 g/mol. The van der Waals surface area contributed by atoms with Gasteiger partial charge in [-0.05, 0) is 24.3 Å². The van der Waals surface area contributed by atoms with Crippen LogP contribution in [0.5, 0.6) is 0 Å². The molecule has 26 heavy (non-hydrogen) atoms. The van der Waals surface area contributed by atoms with Crippen molar-refractivity contribution in [3.8, 4) is 5.69 Å². The Morgan fingerprint density at radius 2 is 1.85 bits per heavy atom. The average molecular weight is 350 g/mol. The Morgan fingerprint density at radius 3 is 2.50 bits per heavy atom. The summed E-state index contributed by atoms with van der Waals surface area (Å²) in [5.41, 5.74) is 1.49. The lowest BCUT2D eigenvalue weighted by atomic mass is 10.3. The third-order valence-corrected chi connectivity index (χ3v) is 3.75. The molecule has 3 aromatic rings. The molecule has 0 spiro atoms. The summed E-state index contributed by atoms with van der Waals surface area (Å²) < 4.78 is 15.9. The molecule has 0 amide bonds. The number of hydrogen-bond donors (Lipinski definition) is 4. The maximum Gasteiger partial charge on any atom is 0.214 e. The van der Waals surface area contributed by atoms with Gasteiger partial charge in [0.25, 0.3) is 0 Å². The van der Waals surface area contributed by atoms with Crippen LogP contribution in [0.25, 0.3) is 5.69 Å². The third kappa shape index (κ3) is 3.41. The van der Waals surface area contributed by atoms with Crippen molar-refractivity contribution in [2.75, 3.05) is 17.7 Å². The second-order valence-electron chi connectivity index (χ2n) is 5.44. The molecular weight excluding hydrogens is 331 g/mol. The minimum Gasteiger partial charge on any atom is -0.375 e. The summed E-state index contributed by atoms with van der Waals surface area (Å²) in [6.07, 6.45) is 1.14. The quantitative estimate of drug-likeness (QED) is 0.488. The highest BCUT2D eigenvalue weighted by molar-refractivity contribution is 5.85. The van der Waals surface area contributed by atoms with Gasteiger partial charge in [0.05, 0.1) is 17.2 Å². The lowest BCUT2D eigenvalue weighted by Gasteiger charge is -2.15. The zero-order valence-electron chi connectivity index (χ0n) is 14.3. The van der Waals surface area contributed by atoms with Gasteiger partial charge in [-0.3, -0.25) is 4.57 Å². The molecule has 3 rings (SSSR count). The highest BCUT2D eigenvalue weighted by Crippen LogP contribution is 2.29. The van der Waals surface area contributed by atoms with Crippen molar-refractivity contribution in [1.82, 2.24) is 14.9 Å². The number of rotatable bonds is 7. The van der Waals surface area contributed by atoms with Crippen LogP contribution in [0.1, 0.15) is 5.69 Å². The molecule has 1 heterocycles. The van der Waals surface area contributed by atoms with Gasteiger partial charge in [-0.25, -0.2) is 9.37 Å². The van der Waals surface area contributed by atoms with Crippen molar-refractivity contribution in [3.05, 3.63) is 78.5 Å². The van der Waals surface area contributed by atoms with Gasteiger partial charge in [-0.15, -0.1) is 0 Å². The fourth-order valence-electron chi connectivity index (χ4n) is 2.46. The average Bonchev–Trinajstić information content (AvgIpc) is 3.01. The number of hydrogen-bond acceptors (Lipinski definition) is 5. The first-order valence-corrected chi connectivity index (χ1v) is 7.98. The molecule has 0 saturated carbocycles. The molecule has 6 nitrogen and oxygen atoms in total. The van der Waals surface area contributed by atoms with E-state index in [-0.39, 0.29) is 5.82 Å². The van der Waals surface area contributed by atoms with Gasteiger partial charge in [0, 0.05) is 13.3 Å². The Bertz CT molecular complexity index is 932. The first-order valence-electron chi connectivity index (χ1n) is 7.98. The zero-order valence-corrected chi connectivity index (χ0v) is 14.3. The minimum absolute atomic E-state index is 0.296. The third-order valence-electron chi connectivity index (χ3n) is 3.75. The minimum atomic E-state index is -0.388. The van der Waals surface area contributed by atoms with Gasteiger partial charge >= 0.3 is 0 Å². The first-order chi connectivity index (χ1) is 12.6. The van der Waals surface area contributed by atoms with Gasteiger partial charge in [0.1, 0.15) is 17.3 Å². The fraction of sp³-hybridized carbons (Fsp3) is 0.0526. The van der Waals surface area contributed by atoms with Crippen molar-refractivity contribution in [3.63, 3.8) is 0 Å². The summed E-state index contributed by atoms with van der Waals surface area (Å²) in [5, 5.41) is 16.7. The smallest absolute Gasteiger partial charge is 0.214 e. The molecule has 0 fully saturated rings. The molecule has 0 unspecified atom stereocenters. The standard InChI is InChI=1S/C19H19FN6/c1-13(22-2)23-18-17(12-21)25-19(24-16-11-7-6-10-15(16)20)26(18)14-8-4-3-5-9-14/h3-12,21-23H,1H2,2H3,(H,24,25). The molecule has 0 aliphatic carbocycles. The van der Waals surface area contributed by atoms with E-state index < -0.39 is 0 Å². The molecular formula is C19H19FN6. The highest BCUT2D eigenvalue weighted by atomic mass is 19.1. The Balaban J connectivity index is 2.15. The van der Waals surface area contributed by atoms with Gasteiger partial charge < -0.3 is 21.4 Å². The van der Waals surface area contributed by atoms with Crippen LogP contribution in [0.4, 0.5) is 21.8 Å². The summed E-state index contributed by atoms with van der Waals surface area (Å²) in [7, 11) is 1.74. The van der Waals surface area contributed by atoms with Crippen molar-refractivity contribution >= 4 is 23.7 Å². The highest BCUT2D eigenvalue weighted by Gasteiger charge is 2.19. The van der Waals surface area contributed by atoms with E-state index in [1.165, 1.54) is 6.07 Å². The number of halogens is 1. The molecule has 132 valence electrons. The van der Waals surface area contributed by atoms with Crippen molar-refractivity contribution < 1.29 is 4.39 Å². The number of benzene rings is 2. The molecule has 1 aromatic heterocycles. The van der Waals surface area contributed by atoms with Crippen LogP contribution in [-0.2, 0) is 0 Å². The predicted molar refractivity (Wildman–Crippen MR) is 103 cm³/mol. The van der Waals surface area contributed by atoms with Gasteiger partial charge in [0.2, 0.25) is 5.95 Å². The molecule has 2 aromatic carbocycles. The van der Waals surface area contributed by atoms with Crippen LogP contribution >= 0.6 is 0 Å². The number of nitrogens with one attached hydrogen (secondary N) is 4. The van der Waals surface area contributed by atoms with E-state index in [2.05, 4.69) is 27.5 Å². The zero-order chi connectivity index (χ0) is 18.5. The largest absolute Gasteiger partial charge is 0.375 e. The summed E-state index contributed by atoms with van der Waals surface area (Å²) in [4.78, 5) is 4.44. The second-order valence-corrected chi connectivity index (χ2v) is 5.44. The normalized spacial score (nSPS) is 10.2. The van der Waals surface area contributed by atoms with Crippen LogP contribution in [0.15, 0.2) is 67.0 Å². The molecule has 0 aliphatic heterocycles. The Labute approximate surface area is 150 Å². The summed E-state index contributed by atoms with van der Waals surface area (Å²) in [6, 6.07) is 15.8. The Kier molecular flexibility index (Phi) is 4.98. The predicted octanol–water partition coefficient (Wildman–Crippen LogP) is 3.86. The van der Waals surface area contributed by atoms with Crippen molar-refractivity contribution in [1.29, 1.82) is 5.41 Å². The van der Waals surface area contributed by atoms with Gasteiger partial charge in [0.15, 0.2) is 0 Å². The van der Waals surface area contributed by atoms with E-state index in [9.17, 15) is 4.39 Å². The van der Waals surface area contributed by atoms with Crippen LogP contribution in [0.2, 0.25) is 0 Å². The molecule has 4 N–H and O–H groups in total. The van der Waals surface area contributed by atoms with E-state index in [1.807, 2.05) is 30.3 Å². The van der Waals surface area contributed by atoms with Gasteiger partial charge in [-0.2, -0.15) is 0 Å². The molecule has 0 bridgehead atoms. The topological polar surface area (TPSA) is 77.8 Å². The van der Waals surface area contributed by atoms with Crippen LogP contribution in [-0.4, -0.2) is 22.8 Å². The molecule has 0 saturated heterocycles. The molecule has 0 radical (unpaired) electrons. The number of anilines is 3. The van der Waals surface area contributed by atoms with E-state index in [4.69, 9.17) is 5.41 Å². The molecule has 7 heteroatoms. The van der Waals surface area contributed by atoms with E-state index in [0.717, 1.165) is 11.9 Å². The van der Waals surface area contributed by atoms with Crippen LogP contribution in [0.3, 0.4) is 0 Å². The SMILES string of the molecule is C=C(NC)Nc1c(C=N)nc(Nc2ccccc2F)n1-c1ccccc1. The Hall–Kier alpha value is -3.61. The lowest BCUT2D eigenvalue weighted by molar-refractivity contribution is 0.631. The van der Waals surface area contributed by atoms with E-state index in [1.54, 1.807) is 29.8 Å². The van der Waals surface area contributed by atoms with Crippen molar-refractivity contribution in [2.24, 2.45) is 0 Å². The van der Waals surface area contributed by atoms with Crippen molar-refractivity contribution in [2.45, 2.75) is 0 Å². The van der Waals surface area contributed by atoms with E-state index in [0.29, 0.717) is 29.0 Å². The van der Waals surface area contributed by atoms with Gasteiger partial charge in [-0.1, -0.05) is 36.9 Å². The summed E-state index contributed by atoms with van der Waals surface area (Å²) in [6.45, 7) is 3.87. The maximum atomic E-state index is 14.1. The van der Waals surface area contributed by atoms with Crippen LogP contribution in [0, 0.1) is 11.2 Å². The fourth-order valence-corrected chi connectivity index (χ4v) is 2.46. The summed E-state index contributed by atoms with van der Waals surface area (Å²) >= 11 is 0. The number of para-hydroxylation sites is 2. The summed E-state index contributed by atoms with van der Waals surface area (Å²) in [5.74, 6) is 1.08. The lowest BCUT2D eigenvalue weighted by Crippen LogP contribution is -2.16. The molecule has 0 aliphatic rings. The molecule has 0 atom stereocenters. The van der Waals surface area contributed by atoms with E-state index >= 15 is 0 Å². The van der Waals surface area contributed by atoms with Crippen LogP contribution < -0.4 is 16.0 Å². The first kappa shape index (κ1) is 17.2. The number of nitrogens with zero attached hydrogens (tertiary/aromatic N) is 2. The maximum absolute atomic E-state index is 14.1.